The van der Waals surface area contributed by atoms with Gasteiger partial charge in [0.15, 0.2) is 5.82 Å². The zero-order valence-corrected chi connectivity index (χ0v) is 23.8. The Morgan fingerprint density at radius 1 is 0.838 bits per heavy atom. The van der Waals surface area contributed by atoms with E-state index in [0.717, 1.165) is 28.9 Å². The van der Waals surface area contributed by atoms with Crippen LogP contribution in [0.1, 0.15) is 54.5 Å². The largest absolute Gasteiger partial charge is 0.472 e. The molecule has 1 atom stereocenters. The minimum Gasteiger partial charge on any atom is -0.302 e. The van der Waals surface area contributed by atoms with Crippen molar-refractivity contribution in [2.24, 2.45) is 0 Å². The topological polar surface area (TPSA) is 86.5 Å². The molecule has 0 aliphatic carbocycles. The molecule has 37 heavy (non-hydrogen) atoms. The van der Waals surface area contributed by atoms with Crippen LogP contribution in [0.5, 0.6) is 0 Å². The summed E-state index contributed by atoms with van der Waals surface area (Å²) in [5.74, 6) is 0.801. The van der Waals surface area contributed by atoms with E-state index in [-0.39, 0.29) is 18.0 Å². The monoisotopic (exact) mass is 585 g/mol. The molecule has 0 amide bonds. The Labute approximate surface area is 227 Å². The molecule has 0 fully saturated rings. The molecule has 1 heterocycles. The van der Waals surface area contributed by atoms with Gasteiger partial charge in [-0.2, -0.15) is 5.10 Å². The summed E-state index contributed by atoms with van der Waals surface area (Å²) in [6.45, 7) is 5.75. The Morgan fingerprint density at radius 2 is 1.24 bits per heavy atom. The first-order chi connectivity index (χ1) is 17.9. The van der Waals surface area contributed by atoms with Crippen LogP contribution in [0.3, 0.4) is 0 Å². The fourth-order valence-corrected chi connectivity index (χ4v) is 5.00. The van der Waals surface area contributed by atoms with Crippen molar-refractivity contribution in [3.05, 3.63) is 120 Å². The summed E-state index contributed by atoms with van der Waals surface area (Å²) in [6.07, 6.45) is 2.78. The Kier molecular flexibility index (Phi) is 10.8. The third-order valence-corrected chi connectivity index (χ3v) is 7.88. The number of hydrogen-bond acceptors (Lipinski definition) is 5. The number of phosphoric ester groups is 1. The zero-order valence-electron chi connectivity index (χ0n) is 21.3. The number of hydrogen-bond donors (Lipinski definition) is 1. The summed E-state index contributed by atoms with van der Waals surface area (Å²) >= 11 is 3.70. The van der Waals surface area contributed by atoms with Crippen molar-refractivity contribution in [2.45, 2.75) is 37.6 Å². The molecule has 4 rings (SSSR count). The van der Waals surface area contributed by atoms with Crippen LogP contribution in [0.15, 0.2) is 97.3 Å². The second-order valence-electron chi connectivity index (χ2n) is 8.04. The van der Waals surface area contributed by atoms with Gasteiger partial charge in [0.25, 0.3) is 0 Å². The molecule has 1 N–H and O–H groups in total. The summed E-state index contributed by atoms with van der Waals surface area (Å²) in [5, 5.41) is 4.94. The number of rotatable bonds is 10. The van der Waals surface area contributed by atoms with Crippen molar-refractivity contribution in [3.63, 3.8) is 0 Å². The molecule has 0 spiro atoms. The molecular formula is C28H33BrN3O4P. The third kappa shape index (κ3) is 7.03. The van der Waals surface area contributed by atoms with Gasteiger partial charge in [-0.1, -0.05) is 114 Å². The normalized spacial score (nSPS) is 12.5. The summed E-state index contributed by atoms with van der Waals surface area (Å²) in [7, 11) is -3.69. The van der Waals surface area contributed by atoms with E-state index in [1.165, 1.54) is 0 Å². The lowest BCUT2D eigenvalue weighted by Gasteiger charge is -2.35. The molecule has 0 saturated carbocycles. The summed E-state index contributed by atoms with van der Waals surface area (Å²) < 4.78 is 21.2. The highest BCUT2D eigenvalue weighted by atomic mass is 79.9. The minimum absolute atomic E-state index is 0.133. The van der Waals surface area contributed by atoms with Crippen molar-refractivity contribution in [3.8, 4) is 0 Å². The maximum Gasteiger partial charge on any atom is 0.472 e. The SMILES string of the molecule is CCC(Br)c1ncn(C(c2ccccc2)(c2ccccc2)c2ccccc2)n1.CCOP(=O)(O)OCC. The van der Waals surface area contributed by atoms with Gasteiger partial charge in [-0.15, -0.1) is 0 Å². The van der Waals surface area contributed by atoms with Gasteiger partial charge in [0, 0.05) is 0 Å². The lowest BCUT2D eigenvalue weighted by Crippen LogP contribution is -2.38. The molecule has 1 aromatic heterocycles. The van der Waals surface area contributed by atoms with Crippen molar-refractivity contribution in [2.75, 3.05) is 13.2 Å². The van der Waals surface area contributed by atoms with Crippen LogP contribution in [0.25, 0.3) is 0 Å². The highest BCUT2D eigenvalue weighted by Crippen LogP contribution is 2.42. The molecule has 196 valence electrons. The molecule has 1 unspecified atom stereocenters. The van der Waals surface area contributed by atoms with E-state index in [4.69, 9.17) is 9.99 Å². The molecule has 9 heteroatoms. The van der Waals surface area contributed by atoms with Gasteiger partial charge >= 0.3 is 7.82 Å². The Balaban J connectivity index is 0.000000364. The van der Waals surface area contributed by atoms with Crippen LogP contribution < -0.4 is 0 Å². The standard InChI is InChI=1S/C24H22BrN3.C4H11O4P/c1-2-22(25)23-26-18-28(27-23)24(19-12-6-3-7-13-19,20-14-8-4-9-15-20)21-16-10-5-11-17-21;1-3-7-9(5,6)8-4-2/h3-18,22H,2H2,1H3;3-4H2,1-2H3,(H,5,6). The summed E-state index contributed by atoms with van der Waals surface area (Å²) in [5.41, 5.74) is 2.83. The predicted molar refractivity (Wildman–Crippen MR) is 150 cm³/mol. The van der Waals surface area contributed by atoms with Gasteiger partial charge in [0.05, 0.1) is 18.0 Å². The van der Waals surface area contributed by atoms with Crippen molar-refractivity contribution in [1.82, 2.24) is 14.8 Å². The average molecular weight is 586 g/mol. The van der Waals surface area contributed by atoms with Crippen molar-refractivity contribution in [1.29, 1.82) is 0 Å². The molecule has 0 radical (unpaired) electrons. The first-order valence-electron chi connectivity index (χ1n) is 12.2. The predicted octanol–water partition coefficient (Wildman–Crippen LogP) is 7.12. The number of alkyl halides is 1. The van der Waals surface area contributed by atoms with E-state index in [2.05, 4.69) is 110 Å². The van der Waals surface area contributed by atoms with E-state index in [1.54, 1.807) is 13.8 Å². The number of nitrogens with zero attached hydrogens (tertiary/aromatic N) is 3. The molecule has 0 saturated heterocycles. The second kappa shape index (κ2) is 13.8. The first-order valence-corrected chi connectivity index (χ1v) is 14.6. The van der Waals surface area contributed by atoms with Gasteiger partial charge in [-0.25, -0.2) is 14.2 Å². The smallest absolute Gasteiger partial charge is 0.302 e. The maximum absolute atomic E-state index is 10.5. The molecule has 3 aromatic carbocycles. The number of halogens is 1. The molecule has 4 aromatic rings. The van der Waals surface area contributed by atoms with Crippen LogP contribution in [-0.4, -0.2) is 32.9 Å². The molecular weight excluding hydrogens is 553 g/mol. The fourth-order valence-electron chi connectivity index (χ4n) is 4.06. The lowest BCUT2D eigenvalue weighted by atomic mass is 9.77. The Hall–Kier alpha value is -2.61. The molecule has 7 nitrogen and oxygen atoms in total. The molecule has 0 aliphatic rings. The lowest BCUT2D eigenvalue weighted by molar-refractivity contribution is 0.161. The first kappa shape index (κ1) is 29.0. The highest BCUT2D eigenvalue weighted by molar-refractivity contribution is 9.09. The minimum atomic E-state index is -3.69. The second-order valence-corrected chi connectivity index (χ2v) is 10.6. The quantitative estimate of drug-likeness (QED) is 0.121. The van der Waals surface area contributed by atoms with Gasteiger partial charge in [-0.05, 0) is 37.0 Å². The fraction of sp³-hybridized carbons (Fsp3) is 0.286. The van der Waals surface area contributed by atoms with Crippen molar-refractivity contribution < 1.29 is 18.5 Å². The number of benzene rings is 3. The van der Waals surface area contributed by atoms with Crippen LogP contribution in [0.2, 0.25) is 0 Å². The van der Waals surface area contributed by atoms with E-state index in [1.807, 2.05) is 29.2 Å². The highest BCUT2D eigenvalue weighted by Gasteiger charge is 2.39. The van der Waals surface area contributed by atoms with Gasteiger partial charge in [0.1, 0.15) is 11.9 Å². The van der Waals surface area contributed by atoms with E-state index in [0.29, 0.717) is 0 Å². The van der Waals surface area contributed by atoms with Crippen LogP contribution >= 0.6 is 23.8 Å². The van der Waals surface area contributed by atoms with E-state index < -0.39 is 13.4 Å². The number of phosphoric acid groups is 1. The van der Waals surface area contributed by atoms with Crippen molar-refractivity contribution >= 4 is 23.8 Å². The van der Waals surface area contributed by atoms with Crippen LogP contribution in [0.4, 0.5) is 0 Å². The molecule has 0 aliphatic heterocycles. The van der Waals surface area contributed by atoms with Gasteiger partial charge in [0.2, 0.25) is 0 Å². The Bertz CT molecular complexity index is 1150. The van der Waals surface area contributed by atoms with Gasteiger partial charge in [-0.3, -0.25) is 9.05 Å². The number of aromatic nitrogens is 3. The van der Waals surface area contributed by atoms with Gasteiger partial charge < -0.3 is 4.89 Å². The van der Waals surface area contributed by atoms with E-state index in [9.17, 15) is 4.57 Å². The van der Waals surface area contributed by atoms with Crippen LogP contribution in [-0.2, 0) is 19.2 Å². The zero-order chi connectivity index (χ0) is 26.7. The average Bonchev–Trinajstić information content (AvgIpc) is 3.41. The Morgan fingerprint density at radius 3 is 1.59 bits per heavy atom. The maximum atomic E-state index is 10.5. The summed E-state index contributed by atoms with van der Waals surface area (Å²) in [6, 6.07) is 31.5. The van der Waals surface area contributed by atoms with Crippen LogP contribution in [0, 0.1) is 0 Å². The van der Waals surface area contributed by atoms with E-state index >= 15 is 0 Å². The summed E-state index contributed by atoms with van der Waals surface area (Å²) in [4.78, 5) is 13.4. The molecule has 0 bridgehead atoms. The third-order valence-electron chi connectivity index (χ3n) is 5.65.